The molecule has 0 aliphatic carbocycles. The van der Waals surface area contributed by atoms with Crippen LogP contribution in [-0.2, 0) is 11.3 Å². The topological polar surface area (TPSA) is 32.3 Å². The highest BCUT2D eigenvalue weighted by Gasteiger charge is 2.11. The summed E-state index contributed by atoms with van der Waals surface area (Å²) in [5.41, 5.74) is 0.823. The van der Waals surface area contributed by atoms with E-state index in [0.717, 1.165) is 12.1 Å². The molecule has 0 aliphatic rings. The summed E-state index contributed by atoms with van der Waals surface area (Å²) < 4.78 is 12.9. The maximum Gasteiger partial charge on any atom is 0.234 e. The Hall–Kier alpha value is -1.13. The summed E-state index contributed by atoms with van der Waals surface area (Å²) >= 11 is 5.96. The molecule has 0 saturated carbocycles. The predicted octanol–water partition coefficient (Wildman–Crippen LogP) is 2.44. The van der Waals surface area contributed by atoms with Gasteiger partial charge in [0.25, 0.3) is 0 Å². The monoisotopic (exact) mass is 272 g/mol. The van der Waals surface area contributed by atoms with E-state index in [0.29, 0.717) is 24.7 Å². The van der Waals surface area contributed by atoms with Crippen molar-refractivity contribution >= 4 is 17.5 Å². The van der Waals surface area contributed by atoms with Crippen LogP contribution in [0.4, 0.5) is 4.39 Å². The molecular weight excluding hydrogens is 255 g/mol. The molecule has 0 atom stereocenters. The Morgan fingerprint density at radius 1 is 1.44 bits per heavy atom. The molecule has 0 heterocycles. The lowest BCUT2D eigenvalue weighted by Crippen LogP contribution is -2.36. The van der Waals surface area contributed by atoms with E-state index in [1.54, 1.807) is 6.07 Å². The SMILES string of the molecule is CCNC(=O)CN(CC)Cc1ccc(F)cc1Cl. The molecule has 3 nitrogen and oxygen atoms in total. The van der Waals surface area contributed by atoms with Gasteiger partial charge in [0.2, 0.25) is 5.91 Å². The van der Waals surface area contributed by atoms with E-state index in [4.69, 9.17) is 11.6 Å². The van der Waals surface area contributed by atoms with Gasteiger partial charge in [0.1, 0.15) is 5.82 Å². The van der Waals surface area contributed by atoms with Gasteiger partial charge in [-0.2, -0.15) is 0 Å². The highest BCUT2D eigenvalue weighted by atomic mass is 35.5. The van der Waals surface area contributed by atoms with E-state index >= 15 is 0 Å². The molecule has 1 rings (SSSR count). The first kappa shape index (κ1) is 14.9. The van der Waals surface area contributed by atoms with E-state index in [1.807, 2.05) is 18.7 Å². The zero-order chi connectivity index (χ0) is 13.5. The van der Waals surface area contributed by atoms with Crippen molar-refractivity contribution in [1.82, 2.24) is 10.2 Å². The van der Waals surface area contributed by atoms with Crippen molar-refractivity contribution in [2.45, 2.75) is 20.4 Å². The number of hydrogen-bond donors (Lipinski definition) is 1. The van der Waals surface area contributed by atoms with Crippen LogP contribution in [0.3, 0.4) is 0 Å². The minimum absolute atomic E-state index is 0.0161. The van der Waals surface area contributed by atoms with Crippen molar-refractivity contribution in [3.8, 4) is 0 Å². The average molecular weight is 273 g/mol. The molecule has 0 radical (unpaired) electrons. The second-order valence-corrected chi connectivity index (χ2v) is 4.40. The van der Waals surface area contributed by atoms with Crippen LogP contribution in [0.2, 0.25) is 5.02 Å². The number of nitrogens with zero attached hydrogens (tertiary/aromatic N) is 1. The lowest BCUT2D eigenvalue weighted by molar-refractivity contribution is -0.122. The maximum absolute atomic E-state index is 12.9. The largest absolute Gasteiger partial charge is 0.355 e. The maximum atomic E-state index is 12.9. The second kappa shape index (κ2) is 7.34. The fraction of sp³-hybridized carbons (Fsp3) is 0.462. The number of amides is 1. The summed E-state index contributed by atoms with van der Waals surface area (Å²) in [5, 5.41) is 3.14. The molecule has 0 spiro atoms. The van der Waals surface area contributed by atoms with Gasteiger partial charge in [-0.05, 0) is 31.2 Å². The van der Waals surface area contributed by atoms with Crippen LogP contribution in [0.25, 0.3) is 0 Å². The van der Waals surface area contributed by atoms with E-state index in [2.05, 4.69) is 5.32 Å². The van der Waals surface area contributed by atoms with Crippen LogP contribution in [0.5, 0.6) is 0 Å². The minimum Gasteiger partial charge on any atom is -0.355 e. The van der Waals surface area contributed by atoms with Gasteiger partial charge in [0, 0.05) is 18.1 Å². The van der Waals surface area contributed by atoms with Gasteiger partial charge < -0.3 is 5.32 Å². The lowest BCUT2D eigenvalue weighted by Gasteiger charge is -2.20. The molecule has 0 aromatic heterocycles. The third-order valence-corrected chi connectivity index (χ3v) is 2.95. The normalized spacial score (nSPS) is 10.7. The summed E-state index contributed by atoms with van der Waals surface area (Å²) in [6.45, 7) is 6.05. The molecule has 1 aromatic carbocycles. The number of nitrogens with one attached hydrogen (secondary N) is 1. The Labute approximate surface area is 112 Å². The third-order valence-electron chi connectivity index (χ3n) is 2.60. The minimum atomic E-state index is -0.351. The van der Waals surface area contributed by atoms with Crippen LogP contribution in [0.15, 0.2) is 18.2 Å². The van der Waals surface area contributed by atoms with Gasteiger partial charge in [-0.1, -0.05) is 24.6 Å². The Morgan fingerprint density at radius 3 is 2.72 bits per heavy atom. The fourth-order valence-corrected chi connectivity index (χ4v) is 1.85. The van der Waals surface area contributed by atoms with Crippen molar-refractivity contribution in [3.63, 3.8) is 0 Å². The predicted molar refractivity (Wildman–Crippen MR) is 71.0 cm³/mol. The van der Waals surface area contributed by atoms with Gasteiger partial charge in [-0.25, -0.2) is 4.39 Å². The molecule has 1 N–H and O–H groups in total. The highest BCUT2D eigenvalue weighted by molar-refractivity contribution is 6.31. The number of carbonyl (C=O) groups excluding carboxylic acids is 1. The lowest BCUT2D eigenvalue weighted by atomic mass is 10.2. The average Bonchev–Trinajstić information content (AvgIpc) is 2.31. The second-order valence-electron chi connectivity index (χ2n) is 3.99. The molecule has 0 saturated heterocycles. The molecule has 0 bridgehead atoms. The van der Waals surface area contributed by atoms with E-state index in [9.17, 15) is 9.18 Å². The van der Waals surface area contributed by atoms with Gasteiger partial charge in [-0.3, -0.25) is 9.69 Å². The first-order valence-corrected chi connectivity index (χ1v) is 6.37. The summed E-state index contributed by atoms with van der Waals surface area (Å²) in [7, 11) is 0. The van der Waals surface area contributed by atoms with Crippen molar-refractivity contribution in [2.24, 2.45) is 0 Å². The quantitative estimate of drug-likeness (QED) is 0.863. The van der Waals surface area contributed by atoms with E-state index < -0.39 is 0 Å². The third kappa shape index (κ3) is 4.63. The Kier molecular flexibility index (Phi) is 6.09. The Morgan fingerprint density at radius 2 is 2.17 bits per heavy atom. The number of hydrogen-bond acceptors (Lipinski definition) is 2. The zero-order valence-electron chi connectivity index (χ0n) is 10.7. The summed E-state index contributed by atoms with van der Waals surface area (Å²) in [6.07, 6.45) is 0. The highest BCUT2D eigenvalue weighted by Crippen LogP contribution is 2.18. The van der Waals surface area contributed by atoms with E-state index in [1.165, 1.54) is 12.1 Å². The van der Waals surface area contributed by atoms with Crippen LogP contribution in [0.1, 0.15) is 19.4 Å². The van der Waals surface area contributed by atoms with Crippen molar-refractivity contribution in [3.05, 3.63) is 34.6 Å². The molecule has 1 aromatic rings. The molecule has 0 fully saturated rings. The molecule has 5 heteroatoms. The zero-order valence-corrected chi connectivity index (χ0v) is 11.4. The summed E-state index contributed by atoms with van der Waals surface area (Å²) in [5.74, 6) is -0.367. The van der Waals surface area contributed by atoms with Crippen LogP contribution in [0, 0.1) is 5.82 Å². The number of carbonyl (C=O) groups is 1. The first-order chi connectivity index (χ1) is 8.56. The fourth-order valence-electron chi connectivity index (χ4n) is 1.63. The van der Waals surface area contributed by atoms with Crippen molar-refractivity contribution in [2.75, 3.05) is 19.6 Å². The number of benzene rings is 1. The first-order valence-electron chi connectivity index (χ1n) is 5.99. The van der Waals surface area contributed by atoms with Gasteiger partial charge in [0.15, 0.2) is 0 Å². The van der Waals surface area contributed by atoms with Crippen LogP contribution in [-0.4, -0.2) is 30.4 Å². The van der Waals surface area contributed by atoms with Crippen LogP contribution >= 0.6 is 11.6 Å². The summed E-state index contributed by atoms with van der Waals surface area (Å²) in [4.78, 5) is 13.4. The number of rotatable bonds is 6. The molecule has 1 amide bonds. The standard InChI is InChI=1S/C13H18ClFN2O/c1-3-16-13(18)9-17(4-2)8-10-5-6-11(15)7-12(10)14/h5-7H,3-4,8-9H2,1-2H3,(H,16,18). The van der Waals surface area contributed by atoms with Gasteiger partial charge in [-0.15, -0.1) is 0 Å². The van der Waals surface area contributed by atoms with E-state index in [-0.39, 0.29) is 11.7 Å². The Balaban J connectivity index is 2.65. The van der Waals surface area contributed by atoms with Crippen molar-refractivity contribution < 1.29 is 9.18 Å². The van der Waals surface area contributed by atoms with Gasteiger partial charge >= 0.3 is 0 Å². The number of halogens is 2. The molecule has 100 valence electrons. The molecular formula is C13H18ClFN2O. The molecule has 0 unspecified atom stereocenters. The van der Waals surface area contributed by atoms with Gasteiger partial charge in [0.05, 0.1) is 6.54 Å². The smallest absolute Gasteiger partial charge is 0.234 e. The Bertz CT molecular complexity index is 412. The van der Waals surface area contributed by atoms with Crippen molar-refractivity contribution in [1.29, 1.82) is 0 Å². The number of likely N-dealkylation sites (N-methyl/N-ethyl adjacent to an activating group) is 2. The summed E-state index contributed by atoms with van der Waals surface area (Å²) in [6, 6.07) is 4.32. The molecule has 0 aliphatic heterocycles. The van der Waals surface area contributed by atoms with Crippen LogP contribution < -0.4 is 5.32 Å². The molecule has 18 heavy (non-hydrogen) atoms.